The van der Waals surface area contributed by atoms with Gasteiger partial charge in [-0.3, -0.25) is 9.69 Å². The number of rotatable bonds is 3. The van der Waals surface area contributed by atoms with Gasteiger partial charge in [0.15, 0.2) is 0 Å². The van der Waals surface area contributed by atoms with E-state index in [1.54, 1.807) is 6.07 Å². The van der Waals surface area contributed by atoms with Gasteiger partial charge in [0.2, 0.25) is 0 Å². The SMILES string of the molecule is O=c1[nH]c(C2CC2)nc2c1CCN(Cc1cccc(Cl)c1Cl)C2. The number of nitrogens with zero attached hydrogens (tertiary/aromatic N) is 2. The van der Waals surface area contributed by atoms with E-state index < -0.39 is 0 Å². The largest absolute Gasteiger partial charge is 0.310 e. The first-order valence-corrected chi connectivity index (χ1v) is 8.64. The molecule has 0 saturated heterocycles. The lowest BCUT2D eigenvalue weighted by Crippen LogP contribution is -2.35. The molecular weight excluding hydrogens is 333 g/mol. The van der Waals surface area contributed by atoms with Crippen LogP contribution in [0.15, 0.2) is 23.0 Å². The van der Waals surface area contributed by atoms with Crippen molar-refractivity contribution in [2.24, 2.45) is 0 Å². The molecule has 4 nitrogen and oxygen atoms in total. The molecular formula is C17H17Cl2N3O. The fourth-order valence-corrected chi connectivity index (χ4v) is 3.49. The van der Waals surface area contributed by atoms with E-state index in [4.69, 9.17) is 28.2 Å². The van der Waals surface area contributed by atoms with Crippen molar-refractivity contribution in [3.63, 3.8) is 0 Å². The highest BCUT2D eigenvalue weighted by atomic mass is 35.5. The van der Waals surface area contributed by atoms with Gasteiger partial charge in [-0.15, -0.1) is 0 Å². The number of H-pyrrole nitrogens is 1. The molecule has 1 aliphatic heterocycles. The van der Waals surface area contributed by atoms with Crippen molar-refractivity contribution in [3.05, 3.63) is 61.2 Å². The monoisotopic (exact) mass is 349 g/mol. The van der Waals surface area contributed by atoms with Gasteiger partial charge >= 0.3 is 0 Å². The molecule has 1 aromatic heterocycles. The highest BCUT2D eigenvalue weighted by Crippen LogP contribution is 2.38. The fraction of sp³-hybridized carbons (Fsp3) is 0.412. The topological polar surface area (TPSA) is 49.0 Å². The zero-order valence-corrected chi connectivity index (χ0v) is 14.1. The summed E-state index contributed by atoms with van der Waals surface area (Å²) in [6.07, 6.45) is 2.98. The van der Waals surface area contributed by atoms with Gasteiger partial charge in [0, 0.05) is 31.1 Å². The number of benzene rings is 1. The van der Waals surface area contributed by atoms with Crippen molar-refractivity contribution < 1.29 is 0 Å². The average molecular weight is 350 g/mol. The first-order chi connectivity index (χ1) is 11.1. The van der Waals surface area contributed by atoms with Gasteiger partial charge in [0.25, 0.3) is 5.56 Å². The number of hydrogen-bond donors (Lipinski definition) is 1. The minimum absolute atomic E-state index is 0.0392. The Balaban J connectivity index is 1.58. The van der Waals surface area contributed by atoms with Gasteiger partial charge in [-0.1, -0.05) is 35.3 Å². The Morgan fingerprint density at radius 1 is 1.30 bits per heavy atom. The molecule has 1 fully saturated rings. The molecule has 1 aromatic carbocycles. The Bertz CT molecular complexity index is 814. The van der Waals surface area contributed by atoms with E-state index in [1.165, 1.54) is 0 Å². The van der Waals surface area contributed by atoms with E-state index in [9.17, 15) is 4.79 Å². The molecule has 2 aliphatic rings. The normalized spacial score (nSPS) is 18.0. The molecule has 2 heterocycles. The molecule has 6 heteroatoms. The molecule has 0 unspecified atom stereocenters. The zero-order valence-electron chi connectivity index (χ0n) is 12.6. The Morgan fingerprint density at radius 3 is 2.91 bits per heavy atom. The maximum atomic E-state index is 12.2. The summed E-state index contributed by atoms with van der Waals surface area (Å²) in [6.45, 7) is 2.22. The van der Waals surface area contributed by atoms with Crippen LogP contribution in [0.3, 0.4) is 0 Å². The van der Waals surface area contributed by atoms with Crippen LogP contribution in [0.5, 0.6) is 0 Å². The predicted octanol–water partition coefficient (Wildman–Crippen LogP) is 3.51. The number of fused-ring (bicyclic) bond motifs is 1. The second-order valence-corrected chi connectivity index (χ2v) is 7.11. The highest BCUT2D eigenvalue weighted by molar-refractivity contribution is 6.42. The van der Waals surface area contributed by atoms with Gasteiger partial charge in [0.1, 0.15) is 5.82 Å². The molecule has 1 saturated carbocycles. The average Bonchev–Trinajstić information content (AvgIpc) is 3.36. The van der Waals surface area contributed by atoms with Crippen LogP contribution >= 0.6 is 23.2 Å². The Kier molecular flexibility index (Phi) is 3.92. The van der Waals surface area contributed by atoms with E-state index in [-0.39, 0.29) is 5.56 Å². The van der Waals surface area contributed by atoms with Crippen molar-refractivity contribution in [1.82, 2.24) is 14.9 Å². The lowest BCUT2D eigenvalue weighted by atomic mass is 10.1. The standard InChI is InChI=1S/C17H17Cl2N3O/c18-13-3-1-2-11(15(13)19)8-22-7-6-12-14(9-22)20-16(10-4-5-10)21-17(12)23/h1-3,10H,4-9H2,(H,20,21,23). The Hall–Kier alpha value is -1.36. The molecule has 0 amide bonds. The zero-order chi connectivity index (χ0) is 16.0. The van der Waals surface area contributed by atoms with Crippen LogP contribution < -0.4 is 5.56 Å². The van der Waals surface area contributed by atoms with Gasteiger partial charge in [-0.25, -0.2) is 4.98 Å². The molecule has 0 bridgehead atoms. The van der Waals surface area contributed by atoms with Crippen molar-refractivity contribution in [2.45, 2.75) is 38.3 Å². The van der Waals surface area contributed by atoms with Crippen molar-refractivity contribution in [3.8, 4) is 0 Å². The van der Waals surface area contributed by atoms with E-state index in [2.05, 4.69) is 9.88 Å². The number of nitrogens with one attached hydrogen (secondary N) is 1. The van der Waals surface area contributed by atoms with Crippen LogP contribution in [0.2, 0.25) is 10.0 Å². The summed E-state index contributed by atoms with van der Waals surface area (Å²) in [6, 6.07) is 5.70. The molecule has 1 N–H and O–H groups in total. The van der Waals surface area contributed by atoms with Crippen LogP contribution in [0, 0.1) is 0 Å². The van der Waals surface area contributed by atoms with Crippen LogP contribution in [-0.4, -0.2) is 21.4 Å². The van der Waals surface area contributed by atoms with Crippen molar-refractivity contribution in [2.75, 3.05) is 6.54 Å². The van der Waals surface area contributed by atoms with Crippen LogP contribution in [0.4, 0.5) is 0 Å². The summed E-state index contributed by atoms with van der Waals surface area (Å²) < 4.78 is 0. The second-order valence-electron chi connectivity index (χ2n) is 6.32. The number of halogens is 2. The Labute approximate surface area is 144 Å². The molecule has 0 radical (unpaired) electrons. The van der Waals surface area contributed by atoms with Crippen LogP contribution in [0.25, 0.3) is 0 Å². The van der Waals surface area contributed by atoms with E-state index in [0.29, 0.717) is 29.1 Å². The summed E-state index contributed by atoms with van der Waals surface area (Å²) in [4.78, 5) is 22.2. The summed E-state index contributed by atoms with van der Waals surface area (Å²) in [7, 11) is 0. The molecule has 0 spiro atoms. The van der Waals surface area contributed by atoms with Gasteiger partial charge in [-0.05, 0) is 30.9 Å². The summed E-state index contributed by atoms with van der Waals surface area (Å²) in [5.74, 6) is 1.31. The molecule has 4 rings (SSSR count). The van der Waals surface area contributed by atoms with Crippen LogP contribution in [0.1, 0.15) is 41.4 Å². The third-order valence-electron chi connectivity index (χ3n) is 4.56. The third kappa shape index (κ3) is 3.03. The number of aromatic nitrogens is 2. The van der Waals surface area contributed by atoms with Crippen molar-refractivity contribution >= 4 is 23.2 Å². The lowest BCUT2D eigenvalue weighted by molar-refractivity contribution is 0.240. The van der Waals surface area contributed by atoms with Gasteiger partial charge in [0.05, 0.1) is 15.7 Å². The number of aromatic amines is 1. The molecule has 1 aliphatic carbocycles. The van der Waals surface area contributed by atoms with Crippen LogP contribution in [-0.2, 0) is 19.5 Å². The maximum Gasteiger partial charge on any atom is 0.254 e. The van der Waals surface area contributed by atoms with Gasteiger partial charge in [-0.2, -0.15) is 0 Å². The third-order valence-corrected chi connectivity index (χ3v) is 5.42. The van der Waals surface area contributed by atoms with E-state index in [0.717, 1.165) is 48.5 Å². The minimum atomic E-state index is 0.0392. The fourth-order valence-electron chi connectivity index (χ4n) is 3.11. The molecule has 120 valence electrons. The summed E-state index contributed by atoms with van der Waals surface area (Å²) in [5.41, 5.74) is 2.80. The van der Waals surface area contributed by atoms with E-state index >= 15 is 0 Å². The lowest BCUT2D eigenvalue weighted by Gasteiger charge is -2.28. The second kappa shape index (κ2) is 5.93. The maximum absolute atomic E-state index is 12.2. The quantitative estimate of drug-likeness (QED) is 0.922. The summed E-state index contributed by atoms with van der Waals surface area (Å²) >= 11 is 12.4. The van der Waals surface area contributed by atoms with E-state index in [1.807, 2.05) is 12.1 Å². The minimum Gasteiger partial charge on any atom is -0.310 e. The Morgan fingerprint density at radius 2 is 2.13 bits per heavy atom. The number of hydrogen-bond acceptors (Lipinski definition) is 3. The first-order valence-electron chi connectivity index (χ1n) is 7.89. The smallest absolute Gasteiger partial charge is 0.254 e. The first kappa shape index (κ1) is 15.2. The highest BCUT2D eigenvalue weighted by Gasteiger charge is 2.29. The van der Waals surface area contributed by atoms with Gasteiger partial charge < -0.3 is 4.98 Å². The molecule has 23 heavy (non-hydrogen) atoms. The van der Waals surface area contributed by atoms with Crippen molar-refractivity contribution in [1.29, 1.82) is 0 Å². The predicted molar refractivity (Wildman–Crippen MR) is 91.1 cm³/mol. The summed E-state index contributed by atoms with van der Waals surface area (Å²) in [5, 5.41) is 1.18. The molecule has 0 atom stereocenters. The molecule has 2 aromatic rings.